The predicted molar refractivity (Wildman–Crippen MR) is 69.7 cm³/mol. The molecule has 0 aliphatic rings. The Morgan fingerprint density at radius 3 is 1.88 bits per heavy atom. The molecule has 0 saturated heterocycles. The molecule has 0 fully saturated rings. The van der Waals surface area contributed by atoms with Crippen LogP contribution >= 0.6 is 15.9 Å². The topological polar surface area (TPSA) is 43.7 Å². The molecular formula is C12H18BrNO2. The number of halogens is 1. The second kappa shape index (κ2) is 6.23. The molecule has 0 saturated carbocycles. The van der Waals surface area contributed by atoms with Crippen molar-refractivity contribution in [1.29, 1.82) is 0 Å². The van der Waals surface area contributed by atoms with Gasteiger partial charge in [0.2, 0.25) is 0 Å². The van der Waals surface area contributed by atoms with Gasteiger partial charge in [-0.05, 0) is 38.1 Å². The van der Waals surface area contributed by atoms with Gasteiger partial charge in [-0.15, -0.1) is 0 Å². The molecule has 0 aromatic heterocycles. The summed E-state index contributed by atoms with van der Waals surface area (Å²) in [6.45, 7) is 4.53. The van der Waals surface area contributed by atoms with Crippen molar-refractivity contribution < 1.29 is 10.2 Å². The number of hydrogen-bond acceptors (Lipinski definition) is 3. The summed E-state index contributed by atoms with van der Waals surface area (Å²) in [7, 11) is 0. The molecule has 0 amide bonds. The number of aliphatic hydroxyl groups excluding tert-OH is 2. The van der Waals surface area contributed by atoms with E-state index in [4.69, 9.17) is 0 Å². The molecular weight excluding hydrogens is 270 g/mol. The van der Waals surface area contributed by atoms with E-state index in [-0.39, 0.29) is 0 Å². The Kier molecular flexibility index (Phi) is 5.25. The summed E-state index contributed by atoms with van der Waals surface area (Å²) in [6.07, 6.45) is -0.829. The van der Waals surface area contributed by atoms with Gasteiger partial charge in [0.25, 0.3) is 0 Å². The number of anilines is 1. The number of rotatable bonds is 5. The van der Waals surface area contributed by atoms with E-state index in [0.29, 0.717) is 13.1 Å². The lowest BCUT2D eigenvalue weighted by Crippen LogP contribution is -2.36. The lowest BCUT2D eigenvalue weighted by Gasteiger charge is -2.27. The molecule has 0 radical (unpaired) electrons. The summed E-state index contributed by atoms with van der Waals surface area (Å²) in [4.78, 5) is 1.97. The number of nitrogens with zero attached hydrogens (tertiary/aromatic N) is 1. The highest BCUT2D eigenvalue weighted by Gasteiger charge is 2.11. The smallest absolute Gasteiger partial charge is 0.0687 e. The van der Waals surface area contributed by atoms with Crippen LogP contribution in [-0.4, -0.2) is 35.5 Å². The second-order valence-corrected chi connectivity index (χ2v) is 5.00. The van der Waals surface area contributed by atoms with Gasteiger partial charge in [-0.25, -0.2) is 0 Å². The minimum Gasteiger partial charge on any atom is -0.392 e. The minimum atomic E-state index is -0.414. The highest BCUT2D eigenvalue weighted by molar-refractivity contribution is 9.10. The van der Waals surface area contributed by atoms with Gasteiger partial charge >= 0.3 is 0 Å². The van der Waals surface area contributed by atoms with E-state index in [1.54, 1.807) is 13.8 Å². The van der Waals surface area contributed by atoms with E-state index < -0.39 is 12.2 Å². The van der Waals surface area contributed by atoms with Gasteiger partial charge in [0.1, 0.15) is 0 Å². The Bertz CT molecular complexity index is 301. The summed E-state index contributed by atoms with van der Waals surface area (Å²) < 4.78 is 1.02. The van der Waals surface area contributed by atoms with Gasteiger partial charge in [0.05, 0.1) is 12.2 Å². The van der Waals surface area contributed by atoms with Crippen LogP contribution in [0.2, 0.25) is 0 Å². The Balaban J connectivity index is 2.78. The summed E-state index contributed by atoms with van der Waals surface area (Å²) in [5, 5.41) is 18.8. The van der Waals surface area contributed by atoms with Crippen molar-refractivity contribution >= 4 is 21.6 Å². The van der Waals surface area contributed by atoms with Crippen molar-refractivity contribution in [3.63, 3.8) is 0 Å². The first-order chi connectivity index (χ1) is 7.49. The molecule has 90 valence electrons. The maximum Gasteiger partial charge on any atom is 0.0687 e. The van der Waals surface area contributed by atoms with Gasteiger partial charge in [-0.3, -0.25) is 0 Å². The Morgan fingerprint density at radius 2 is 1.50 bits per heavy atom. The molecule has 4 heteroatoms. The molecule has 0 heterocycles. The van der Waals surface area contributed by atoms with E-state index in [1.807, 2.05) is 29.2 Å². The van der Waals surface area contributed by atoms with Crippen LogP contribution in [0.25, 0.3) is 0 Å². The minimum absolute atomic E-state index is 0.414. The quantitative estimate of drug-likeness (QED) is 0.871. The molecule has 2 atom stereocenters. The zero-order valence-electron chi connectivity index (χ0n) is 9.60. The fourth-order valence-corrected chi connectivity index (χ4v) is 1.84. The predicted octanol–water partition coefficient (Wildman–Crippen LogP) is 2.02. The number of aliphatic hydroxyl groups is 2. The number of hydrogen-bond donors (Lipinski definition) is 2. The fourth-order valence-electron chi connectivity index (χ4n) is 1.58. The lowest BCUT2D eigenvalue weighted by molar-refractivity contribution is 0.178. The zero-order chi connectivity index (χ0) is 12.1. The molecule has 2 unspecified atom stereocenters. The largest absolute Gasteiger partial charge is 0.392 e. The Hall–Kier alpha value is -0.580. The van der Waals surface area contributed by atoms with Crippen LogP contribution in [0.5, 0.6) is 0 Å². The van der Waals surface area contributed by atoms with Gasteiger partial charge < -0.3 is 15.1 Å². The summed E-state index contributed by atoms with van der Waals surface area (Å²) in [5.74, 6) is 0. The Labute approximate surface area is 105 Å². The average Bonchev–Trinajstić information content (AvgIpc) is 2.16. The van der Waals surface area contributed by atoms with E-state index >= 15 is 0 Å². The molecule has 1 aromatic carbocycles. The average molecular weight is 288 g/mol. The molecule has 1 rings (SSSR count). The number of benzene rings is 1. The highest BCUT2D eigenvalue weighted by Crippen LogP contribution is 2.19. The van der Waals surface area contributed by atoms with Crippen LogP contribution in [0.15, 0.2) is 28.7 Å². The zero-order valence-corrected chi connectivity index (χ0v) is 11.2. The lowest BCUT2D eigenvalue weighted by atomic mass is 10.2. The standard InChI is InChI=1S/C12H18BrNO2/c1-9(15)7-14(8-10(2)16)12-5-3-11(13)4-6-12/h3-6,9-10,15-16H,7-8H2,1-2H3. The third-order valence-electron chi connectivity index (χ3n) is 2.16. The van der Waals surface area contributed by atoms with Gasteiger partial charge in [0.15, 0.2) is 0 Å². The molecule has 1 aromatic rings. The molecule has 3 nitrogen and oxygen atoms in total. The van der Waals surface area contributed by atoms with Crippen molar-refractivity contribution in [2.24, 2.45) is 0 Å². The first-order valence-electron chi connectivity index (χ1n) is 5.35. The monoisotopic (exact) mass is 287 g/mol. The highest BCUT2D eigenvalue weighted by atomic mass is 79.9. The third kappa shape index (κ3) is 4.51. The first-order valence-corrected chi connectivity index (χ1v) is 6.15. The van der Waals surface area contributed by atoms with E-state index in [2.05, 4.69) is 15.9 Å². The van der Waals surface area contributed by atoms with Crippen molar-refractivity contribution in [2.75, 3.05) is 18.0 Å². The van der Waals surface area contributed by atoms with Crippen LogP contribution in [0, 0.1) is 0 Å². The maximum absolute atomic E-state index is 9.42. The summed E-state index contributed by atoms with van der Waals surface area (Å²) >= 11 is 3.38. The molecule has 16 heavy (non-hydrogen) atoms. The van der Waals surface area contributed by atoms with Crippen molar-refractivity contribution in [3.05, 3.63) is 28.7 Å². The van der Waals surface area contributed by atoms with E-state index in [9.17, 15) is 10.2 Å². The van der Waals surface area contributed by atoms with Crippen LogP contribution in [0.3, 0.4) is 0 Å². The second-order valence-electron chi connectivity index (χ2n) is 4.08. The summed E-state index contributed by atoms with van der Waals surface area (Å²) in [6, 6.07) is 7.84. The van der Waals surface area contributed by atoms with Crippen molar-refractivity contribution in [3.8, 4) is 0 Å². The molecule has 0 aliphatic carbocycles. The van der Waals surface area contributed by atoms with E-state index in [1.165, 1.54) is 0 Å². The fraction of sp³-hybridized carbons (Fsp3) is 0.500. The van der Waals surface area contributed by atoms with Crippen LogP contribution in [0.4, 0.5) is 5.69 Å². The van der Waals surface area contributed by atoms with Gasteiger partial charge in [-0.2, -0.15) is 0 Å². The molecule has 2 N–H and O–H groups in total. The van der Waals surface area contributed by atoms with Crippen molar-refractivity contribution in [1.82, 2.24) is 0 Å². The molecule has 0 bridgehead atoms. The molecule has 0 spiro atoms. The molecule has 0 aliphatic heterocycles. The van der Waals surface area contributed by atoms with E-state index in [0.717, 1.165) is 10.2 Å². The third-order valence-corrected chi connectivity index (χ3v) is 2.69. The maximum atomic E-state index is 9.42. The Morgan fingerprint density at radius 1 is 1.06 bits per heavy atom. The van der Waals surface area contributed by atoms with Crippen molar-refractivity contribution in [2.45, 2.75) is 26.1 Å². The first kappa shape index (κ1) is 13.5. The van der Waals surface area contributed by atoms with Crippen LogP contribution < -0.4 is 4.90 Å². The van der Waals surface area contributed by atoms with Crippen LogP contribution in [0.1, 0.15) is 13.8 Å². The summed E-state index contributed by atoms with van der Waals surface area (Å²) in [5.41, 5.74) is 1.00. The van der Waals surface area contributed by atoms with Gasteiger partial charge in [-0.1, -0.05) is 15.9 Å². The van der Waals surface area contributed by atoms with Gasteiger partial charge in [0, 0.05) is 23.2 Å². The van der Waals surface area contributed by atoms with Crippen LogP contribution in [-0.2, 0) is 0 Å². The normalized spacial score (nSPS) is 14.6. The SMILES string of the molecule is CC(O)CN(CC(C)O)c1ccc(Br)cc1.